The highest BCUT2D eigenvalue weighted by Crippen LogP contribution is 2.19. The summed E-state index contributed by atoms with van der Waals surface area (Å²) >= 11 is 5.92. The van der Waals surface area contributed by atoms with E-state index in [1.807, 2.05) is 30.3 Å². The number of hydrogen-bond acceptors (Lipinski definition) is 4. The van der Waals surface area contributed by atoms with Crippen molar-refractivity contribution in [2.75, 3.05) is 0 Å². The van der Waals surface area contributed by atoms with E-state index >= 15 is 0 Å². The van der Waals surface area contributed by atoms with Crippen molar-refractivity contribution in [3.63, 3.8) is 0 Å². The number of rotatable bonds is 3. The van der Waals surface area contributed by atoms with Gasteiger partial charge >= 0.3 is 0 Å². The first-order valence-corrected chi connectivity index (χ1v) is 7.40. The summed E-state index contributed by atoms with van der Waals surface area (Å²) in [5.74, 6) is -0.666. The number of hydrogen-bond donors (Lipinski definition) is 2. The van der Waals surface area contributed by atoms with Gasteiger partial charge in [0, 0.05) is 11.6 Å². The van der Waals surface area contributed by atoms with Crippen LogP contribution in [0.5, 0.6) is 0 Å². The lowest BCUT2D eigenvalue weighted by Gasteiger charge is -2.06. The lowest BCUT2D eigenvalue weighted by atomic mass is 10.1. The first-order chi connectivity index (χ1) is 11.6. The Hall–Kier alpha value is -3.12. The normalized spacial score (nSPS) is 10.2. The van der Waals surface area contributed by atoms with Crippen LogP contribution >= 0.6 is 11.6 Å². The van der Waals surface area contributed by atoms with Crippen molar-refractivity contribution in [2.24, 2.45) is 0 Å². The first kappa shape index (κ1) is 15.8. The number of aromatic nitrogens is 1. The van der Waals surface area contributed by atoms with E-state index in [9.17, 15) is 9.59 Å². The summed E-state index contributed by atoms with van der Waals surface area (Å²) in [6.07, 6.45) is 0. The number of benzene rings is 2. The minimum atomic E-state index is -0.596. The van der Waals surface area contributed by atoms with Gasteiger partial charge in [0.15, 0.2) is 11.5 Å². The van der Waals surface area contributed by atoms with Gasteiger partial charge in [0.1, 0.15) is 0 Å². The van der Waals surface area contributed by atoms with E-state index in [1.54, 1.807) is 24.3 Å². The standard InChI is InChI=1S/C17H12ClN3O3/c18-13-9-5-4-8-12(13)16(22)19-20-17(23)14-10-15(24-21-14)11-6-2-1-3-7-11/h1-10H,(H,19,22)(H,20,23). The summed E-state index contributed by atoms with van der Waals surface area (Å²) in [5, 5.41) is 3.99. The molecule has 0 saturated carbocycles. The third-order valence-corrected chi connectivity index (χ3v) is 3.54. The maximum absolute atomic E-state index is 12.0. The molecule has 0 aliphatic rings. The van der Waals surface area contributed by atoms with Crippen LogP contribution in [0.4, 0.5) is 0 Å². The molecule has 0 spiro atoms. The monoisotopic (exact) mass is 341 g/mol. The minimum Gasteiger partial charge on any atom is -0.355 e. The van der Waals surface area contributed by atoms with Crippen LogP contribution in [0.3, 0.4) is 0 Å². The molecule has 0 aliphatic heterocycles. The van der Waals surface area contributed by atoms with Crippen LogP contribution in [0.2, 0.25) is 5.02 Å². The number of carbonyl (C=O) groups is 2. The van der Waals surface area contributed by atoms with Crippen molar-refractivity contribution in [1.29, 1.82) is 0 Å². The lowest BCUT2D eigenvalue weighted by molar-refractivity contribution is 0.0841. The molecular weight excluding hydrogens is 330 g/mol. The Morgan fingerprint density at radius 3 is 2.33 bits per heavy atom. The minimum absolute atomic E-state index is 0.0494. The van der Waals surface area contributed by atoms with Crippen LogP contribution in [-0.2, 0) is 0 Å². The molecule has 2 aromatic carbocycles. The van der Waals surface area contributed by atoms with Crippen LogP contribution < -0.4 is 10.9 Å². The molecule has 3 rings (SSSR count). The first-order valence-electron chi connectivity index (χ1n) is 7.02. The predicted molar refractivity (Wildman–Crippen MR) is 88.3 cm³/mol. The second-order valence-corrected chi connectivity index (χ2v) is 5.24. The van der Waals surface area contributed by atoms with Crippen molar-refractivity contribution in [1.82, 2.24) is 16.0 Å². The second-order valence-electron chi connectivity index (χ2n) is 4.83. The van der Waals surface area contributed by atoms with Gasteiger partial charge in [-0.3, -0.25) is 20.4 Å². The number of halogens is 1. The van der Waals surface area contributed by atoms with E-state index in [1.165, 1.54) is 6.07 Å². The molecule has 0 radical (unpaired) electrons. The van der Waals surface area contributed by atoms with E-state index in [2.05, 4.69) is 16.0 Å². The summed E-state index contributed by atoms with van der Waals surface area (Å²) in [6, 6.07) is 17.2. The summed E-state index contributed by atoms with van der Waals surface area (Å²) in [4.78, 5) is 24.0. The fourth-order valence-corrected chi connectivity index (χ4v) is 2.23. The van der Waals surface area contributed by atoms with Gasteiger partial charge in [-0.2, -0.15) is 0 Å². The molecule has 0 unspecified atom stereocenters. The zero-order valence-corrected chi connectivity index (χ0v) is 13.1. The van der Waals surface area contributed by atoms with Gasteiger partial charge in [0.2, 0.25) is 0 Å². The van der Waals surface area contributed by atoms with Gasteiger partial charge < -0.3 is 4.52 Å². The Balaban J connectivity index is 1.65. The molecule has 0 fully saturated rings. The number of hydrazine groups is 1. The largest absolute Gasteiger partial charge is 0.355 e. The fraction of sp³-hybridized carbons (Fsp3) is 0. The molecule has 24 heavy (non-hydrogen) atoms. The summed E-state index contributed by atoms with van der Waals surface area (Å²) < 4.78 is 5.14. The van der Waals surface area contributed by atoms with E-state index in [0.717, 1.165) is 5.56 Å². The quantitative estimate of drug-likeness (QED) is 0.717. The van der Waals surface area contributed by atoms with Crippen molar-refractivity contribution in [3.05, 3.63) is 76.9 Å². The number of nitrogens with one attached hydrogen (secondary N) is 2. The molecule has 1 aromatic heterocycles. The van der Waals surface area contributed by atoms with Crippen molar-refractivity contribution in [3.8, 4) is 11.3 Å². The summed E-state index contributed by atoms with van der Waals surface area (Å²) in [7, 11) is 0. The van der Waals surface area contributed by atoms with Gasteiger partial charge in [-0.15, -0.1) is 0 Å². The Morgan fingerprint density at radius 1 is 0.917 bits per heavy atom. The highest BCUT2D eigenvalue weighted by atomic mass is 35.5. The molecule has 6 nitrogen and oxygen atoms in total. The Kier molecular flexibility index (Phi) is 4.58. The zero-order chi connectivity index (χ0) is 16.9. The predicted octanol–water partition coefficient (Wildman–Crippen LogP) is 3.07. The van der Waals surface area contributed by atoms with E-state index in [4.69, 9.17) is 16.1 Å². The van der Waals surface area contributed by atoms with Gasteiger partial charge in [-0.25, -0.2) is 0 Å². The molecule has 1 heterocycles. The Bertz CT molecular complexity index is 878. The highest BCUT2D eigenvalue weighted by molar-refractivity contribution is 6.33. The van der Waals surface area contributed by atoms with E-state index < -0.39 is 11.8 Å². The molecule has 0 saturated heterocycles. The molecule has 120 valence electrons. The van der Waals surface area contributed by atoms with Gasteiger partial charge in [-0.1, -0.05) is 59.2 Å². The molecule has 2 N–H and O–H groups in total. The topological polar surface area (TPSA) is 84.2 Å². The third kappa shape index (κ3) is 3.44. The second kappa shape index (κ2) is 6.97. The van der Waals surface area contributed by atoms with Crippen LogP contribution in [-0.4, -0.2) is 17.0 Å². The van der Waals surface area contributed by atoms with Crippen molar-refractivity contribution >= 4 is 23.4 Å². The number of nitrogens with zero attached hydrogens (tertiary/aromatic N) is 1. The fourth-order valence-electron chi connectivity index (χ4n) is 2.01. The van der Waals surface area contributed by atoms with Crippen molar-refractivity contribution < 1.29 is 14.1 Å². The highest BCUT2D eigenvalue weighted by Gasteiger charge is 2.15. The third-order valence-electron chi connectivity index (χ3n) is 3.21. The van der Waals surface area contributed by atoms with Gasteiger partial charge in [-0.05, 0) is 12.1 Å². The molecule has 7 heteroatoms. The maximum Gasteiger partial charge on any atom is 0.291 e. The van der Waals surface area contributed by atoms with Crippen LogP contribution in [0, 0.1) is 0 Å². The van der Waals surface area contributed by atoms with Gasteiger partial charge in [0.05, 0.1) is 10.6 Å². The molecule has 0 bridgehead atoms. The summed E-state index contributed by atoms with van der Waals surface area (Å²) in [6.45, 7) is 0. The number of carbonyl (C=O) groups excluding carboxylic acids is 2. The maximum atomic E-state index is 12.0. The average Bonchev–Trinajstić information content (AvgIpc) is 3.11. The molecular formula is C17H12ClN3O3. The van der Waals surface area contributed by atoms with E-state index in [0.29, 0.717) is 5.76 Å². The average molecular weight is 342 g/mol. The Labute approximate surface area is 142 Å². The lowest BCUT2D eigenvalue weighted by Crippen LogP contribution is -2.41. The number of amides is 2. The van der Waals surface area contributed by atoms with Crippen LogP contribution in [0.25, 0.3) is 11.3 Å². The Morgan fingerprint density at radius 2 is 1.58 bits per heavy atom. The van der Waals surface area contributed by atoms with Crippen LogP contribution in [0.15, 0.2) is 65.2 Å². The molecule has 0 atom stereocenters. The van der Waals surface area contributed by atoms with Crippen LogP contribution in [0.1, 0.15) is 20.8 Å². The van der Waals surface area contributed by atoms with Crippen molar-refractivity contribution in [2.45, 2.75) is 0 Å². The smallest absolute Gasteiger partial charge is 0.291 e. The van der Waals surface area contributed by atoms with Gasteiger partial charge in [0.25, 0.3) is 11.8 Å². The summed E-state index contributed by atoms with van der Waals surface area (Å²) in [5.41, 5.74) is 5.65. The van der Waals surface area contributed by atoms with E-state index in [-0.39, 0.29) is 16.3 Å². The molecule has 2 amide bonds. The molecule has 3 aromatic rings. The SMILES string of the molecule is O=C(NNC(=O)c1ccccc1Cl)c1cc(-c2ccccc2)on1. The molecule has 0 aliphatic carbocycles. The zero-order valence-electron chi connectivity index (χ0n) is 12.3.